The molecule has 0 bridgehead atoms. The summed E-state index contributed by atoms with van der Waals surface area (Å²) in [6.45, 7) is 0.765. The lowest BCUT2D eigenvalue weighted by molar-refractivity contribution is -0.700. The molecule has 0 aliphatic carbocycles. The van der Waals surface area contributed by atoms with E-state index in [0.29, 0.717) is 6.54 Å². The second kappa shape index (κ2) is 4.35. The van der Waals surface area contributed by atoms with E-state index in [-0.39, 0.29) is 19.0 Å². The fourth-order valence-corrected chi connectivity index (χ4v) is 0.504. The van der Waals surface area contributed by atoms with E-state index in [1.807, 2.05) is 0 Å². The van der Waals surface area contributed by atoms with Crippen molar-refractivity contribution in [1.29, 1.82) is 0 Å². The standard InChI is InChI=1S/C5H8NO2.ClH/c7-3-1-6-2-4-8-5-6;/h2,4-5,7H,1,3H2;1H/q+1;/p-1. The second-order valence-electron chi connectivity index (χ2n) is 1.49. The summed E-state index contributed by atoms with van der Waals surface area (Å²) >= 11 is 0. The van der Waals surface area contributed by atoms with Crippen LogP contribution in [-0.2, 0) is 6.54 Å². The van der Waals surface area contributed by atoms with Crippen molar-refractivity contribution in [2.24, 2.45) is 0 Å². The van der Waals surface area contributed by atoms with Crippen molar-refractivity contribution in [1.82, 2.24) is 0 Å². The number of halogens is 1. The molecule has 1 aromatic rings. The van der Waals surface area contributed by atoms with Crippen LogP contribution < -0.4 is 17.0 Å². The van der Waals surface area contributed by atoms with E-state index >= 15 is 0 Å². The smallest absolute Gasteiger partial charge is 0.334 e. The zero-order valence-corrected chi connectivity index (χ0v) is 5.58. The molecule has 1 rings (SSSR count). The highest BCUT2D eigenvalue weighted by atomic mass is 35.5. The van der Waals surface area contributed by atoms with Crippen LogP contribution in [0.5, 0.6) is 0 Å². The van der Waals surface area contributed by atoms with Gasteiger partial charge in [0.15, 0.2) is 12.8 Å². The van der Waals surface area contributed by atoms with Gasteiger partial charge in [0.25, 0.3) is 0 Å². The Morgan fingerprint density at radius 1 is 1.56 bits per heavy atom. The third kappa shape index (κ3) is 2.49. The SMILES string of the molecule is OCC[n+]1ccoc1.[Cl-]. The maximum atomic E-state index is 8.38. The Morgan fingerprint density at radius 2 is 2.33 bits per heavy atom. The molecule has 0 fully saturated rings. The molecule has 0 aliphatic heterocycles. The largest absolute Gasteiger partial charge is 1.00 e. The van der Waals surface area contributed by atoms with E-state index in [9.17, 15) is 0 Å². The zero-order chi connectivity index (χ0) is 5.82. The predicted octanol–water partition coefficient (Wildman–Crippen LogP) is -3.44. The van der Waals surface area contributed by atoms with Gasteiger partial charge in [0.2, 0.25) is 6.20 Å². The Balaban J connectivity index is 0.000000640. The number of aliphatic hydroxyl groups excluding tert-OH is 1. The summed E-state index contributed by atoms with van der Waals surface area (Å²) in [5.41, 5.74) is 0. The summed E-state index contributed by atoms with van der Waals surface area (Å²) in [6, 6.07) is 0. The second-order valence-corrected chi connectivity index (χ2v) is 1.49. The van der Waals surface area contributed by atoms with Crippen LogP contribution in [0.25, 0.3) is 0 Å². The number of oxazole rings is 1. The van der Waals surface area contributed by atoms with E-state index < -0.39 is 0 Å². The Kier molecular flexibility index (Phi) is 4.09. The van der Waals surface area contributed by atoms with Gasteiger partial charge in [-0.15, -0.1) is 0 Å². The molecular weight excluding hydrogens is 142 g/mol. The van der Waals surface area contributed by atoms with Crippen LogP contribution >= 0.6 is 0 Å². The van der Waals surface area contributed by atoms with Gasteiger partial charge in [0.1, 0.15) is 6.61 Å². The molecule has 0 spiro atoms. The molecule has 0 aromatic carbocycles. The lowest BCUT2D eigenvalue weighted by Crippen LogP contribution is -3.00. The zero-order valence-electron chi connectivity index (χ0n) is 4.83. The summed E-state index contributed by atoms with van der Waals surface area (Å²) in [5.74, 6) is 0. The van der Waals surface area contributed by atoms with Crippen LogP contribution in [0.2, 0.25) is 0 Å². The molecule has 52 valence electrons. The molecule has 1 heterocycles. The molecule has 4 heteroatoms. The number of hydrogen-bond donors (Lipinski definition) is 1. The van der Waals surface area contributed by atoms with Gasteiger partial charge in [0, 0.05) is 0 Å². The summed E-state index contributed by atoms with van der Waals surface area (Å²) in [6.07, 6.45) is 4.88. The van der Waals surface area contributed by atoms with Gasteiger partial charge in [-0.3, -0.25) is 0 Å². The summed E-state index contributed by atoms with van der Waals surface area (Å²) in [7, 11) is 0. The third-order valence-corrected chi connectivity index (χ3v) is 0.885. The molecule has 1 aromatic heterocycles. The van der Waals surface area contributed by atoms with Crippen LogP contribution in [0.1, 0.15) is 0 Å². The summed E-state index contributed by atoms with van der Waals surface area (Å²) < 4.78 is 6.48. The van der Waals surface area contributed by atoms with Gasteiger partial charge in [-0.25, -0.2) is 0 Å². The maximum Gasteiger partial charge on any atom is 0.334 e. The van der Waals surface area contributed by atoms with Crippen molar-refractivity contribution in [3.63, 3.8) is 0 Å². The molecule has 9 heavy (non-hydrogen) atoms. The quantitative estimate of drug-likeness (QED) is 0.445. The average Bonchev–Trinajstić information content (AvgIpc) is 2.19. The first kappa shape index (κ1) is 8.46. The Bertz CT molecular complexity index is 141. The van der Waals surface area contributed by atoms with Crippen LogP contribution in [0.15, 0.2) is 23.3 Å². The summed E-state index contributed by atoms with van der Waals surface area (Å²) in [4.78, 5) is 0. The predicted molar refractivity (Wildman–Crippen MR) is 26.0 cm³/mol. The number of aliphatic hydroxyl groups is 1. The maximum absolute atomic E-state index is 8.38. The van der Waals surface area contributed by atoms with Gasteiger partial charge < -0.3 is 21.9 Å². The molecule has 0 radical (unpaired) electrons. The number of nitrogens with zero attached hydrogens (tertiary/aromatic N) is 1. The normalized spacial score (nSPS) is 8.56. The number of rotatable bonds is 2. The van der Waals surface area contributed by atoms with Gasteiger partial charge in [-0.05, 0) is 0 Å². The highest BCUT2D eigenvalue weighted by Crippen LogP contribution is 1.73. The van der Waals surface area contributed by atoms with Gasteiger partial charge in [-0.2, -0.15) is 4.57 Å². The van der Waals surface area contributed by atoms with E-state index in [1.165, 1.54) is 0 Å². The fraction of sp³-hybridized carbons (Fsp3) is 0.400. The monoisotopic (exact) mass is 149 g/mol. The van der Waals surface area contributed by atoms with Gasteiger partial charge >= 0.3 is 6.39 Å². The Hall–Kier alpha value is -0.540. The molecule has 0 saturated carbocycles. The first-order valence-electron chi connectivity index (χ1n) is 2.45. The fourth-order valence-electron chi connectivity index (χ4n) is 0.504. The molecule has 0 saturated heterocycles. The number of hydrogen-bond acceptors (Lipinski definition) is 2. The van der Waals surface area contributed by atoms with E-state index in [0.717, 1.165) is 0 Å². The highest BCUT2D eigenvalue weighted by Gasteiger charge is 1.95. The van der Waals surface area contributed by atoms with E-state index in [1.54, 1.807) is 23.4 Å². The molecule has 0 unspecified atom stereocenters. The number of aromatic nitrogens is 1. The lowest BCUT2D eigenvalue weighted by Gasteiger charge is -1.80. The minimum Gasteiger partial charge on any atom is -1.00 e. The van der Waals surface area contributed by atoms with Crippen molar-refractivity contribution in [2.75, 3.05) is 6.61 Å². The Morgan fingerprint density at radius 3 is 2.78 bits per heavy atom. The molecule has 0 amide bonds. The topological polar surface area (TPSA) is 37.2 Å². The highest BCUT2D eigenvalue weighted by molar-refractivity contribution is 4.46. The molecule has 0 atom stereocenters. The first-order valence-corrected chi connectivity index (χ1v) is 2.45. The van der Waals surface area contributed by atoms with Crippen LogP contribution in [-0.4, -0.2) is 11.7 Å². The third-order valence-electron chi connectivity index (χ3n) is 0.885. The van der Waals surface area contributed by atoms with Crippen molar-refractivity contribution >= 4 is 0 Å². The van der Waals surface area contributed by atoms with Crippen molar-refractivity contribution in [3.05, 3.63) is 18.9 Å². The van der Waals surface area contributed by atoms with Crippen LogP contribution in [0.3, 0.4) is 0 Å². The molecular formula is C5H8ClNO2. The van der Waals surface area contributed by atoms with Crippen molar-refractivity contribution in [3.8, 4) is 0 Å². The minimum atomic E-state index is 0. The minimum absolute atomic E-state index is 0. The summed E-state index contributed by atoms with van der Waals surface area (Å²) in [5, 5.41) is 8.38. The average molecular weight is 150 g/mol. The van der Waals surface area contributed by atoms with E-state index in [2.05, 4.69) is 0 Å². The van der Waals surface area contributed by atoms with Gasteiger partial charge in [0.05, 0.1) is 0 Å². The Labute approximate surface area is 59.3 Å². The van der Waals surface area contributed by atoms with Gasteiger partial charge in [-0.1, -0.05) is 0 Å². The van der Waals surface area contributed by atoms with Crippen molar-refractivity contribution in [2.45, 2.75) is 6.54 Å². The molecule has 3 nitrogen and oxygen atoms in total. The first-order chi connectivity index (χ1) is 3.93. The molecule has 0 aliphatic rings. The van der Waals surface area contributed by atoms with Crippen molar-refractivity contribution < 1.29 is 26.5 Å². The molecule has 1 N–H and O–H groups in total. The van der Waals surface area contributed by atoms with E-state index in [4.69, 9.17) is 9.52 Å². The lowest BCUT2D eigenvalue weighted by atomic mass is 10.7. The van der Waals surface area contributed by atoms with Crippen LogP contribution in [0.4, 0.5) is 0 Å². The van der Waals surface area contributed by atoms with Crippen LogP contribution in [0, 0.1) is 0 Å².